The van der Waals surface area contributed by atoms with Gasteiger partial charge in [-0.3, -0.25) is 0 Å². The van der Waals surface area contributed by atoms with E-state index in [-0.39, 0.29) is 10.6 Å². The first kappa shape index (κ1) is 11.2. The molecule has 1 aromatic rings. The molecule has 0 heterocycles. The van der Waals surface area contributed by atoms with Gasteiger partial charge in [-0.05, 0) is 12.1 Å². The Bertz CT molecular complexity index is 381. The van der Waals surface area contributed by atoms with Crippen LogP contribution in [0.15, 0.2) is 12.1 Å². The molecule has 0 aliphatic rings. The summed E-state index contributed by atoms with van der Waals surface area (Å²) in [6.07, 6.45) is -1.88. The van der Waals surface area contributed by atoms with Gasteiger partial charge in [0.1, 0.15) is 5.82 Å². The molecule has 0 saturated heterocycles. The fraction of sp³-hybridized carbons (Fsp3) is 0.125. The van der Waals surface area contributed by atoms with Crippen molar-refractivity contribution in [2.45, 2.75) is 6.10 Å². The minimum absolute atomic E-state index is 0.0257. The zero-order valence-electron chi connectivity index (χ0n) is 6.67. The van der Waals surface area contributed by atoms with Gasteiger partial charge in [0.25, 0.3) is 0 Å². The number of rotatable bonds is 2. The highest BCUT2D eigenvalue weighted by Gasteiger charge is 2.21. The van der Waals surface area contributed by atoms with E-state index >= 15 is 0 Å². The second-order valence-electron chi connectivity index (χ2n) is 2.53. The number of aliphatic hydroxyl groups is 1. The zero-order chi connectivity index (χ0) is 10.9. The summed E-state index contributed by atoms with van der Waals surface area (Å²) in [6, 6.07) is 2.04. The van der Waals surface area contributed by atoms with Crippen LogP contribution in [0.5, 0.6) is 0 Å². The van der Waals surface area contributed by atoms with Gasteiger partial charge in [-0.2, -0.15) is 0 Å². The highest BCUT2D eigenvalue weighted by molar-refractivity contribution is 6.33. The number of hydrogen-bond acceptors (Lipinski definition) is 2. The van der Waals surface area contributed by atoms with Crippen LogP contribution in [0.25, 0.3) is 0 Å². The van der Waals surface area contributed by atoms with Crippen molar-refractivity contribution in [3.05, 3.63) is 33.6 Å². The van der Waals surface area contributed by atoms with E-state index in [1.54, 1.807) is 0 Å². The molecule has 1 unspecified atom stereocenters. The third kappa shape index (κ3) is 2.15. The maximum atomic E-state index is 12.9. The minimum Gasteiger partial charge on any atom is -0.479 e. The molecule has 1 rings (SSSR count). The third-order valence-electron chi connectivity index (χ3n) is 1.55. The van der Waals surface area contributed by atoms with Crippen molar-refractivity contribution >= 4 is 29.2 Å². The maximum Gasteiger partial charge on any atom is 0.337 e. The van der Waals surface area contributed by atoms with Crippen LogP contribution in [-0.2, 0) is 4.79 Å². The largest absolute Gasteiger partial charge is 0.479 e. The first-order valence-corrected chi connectivity index (χ1v) is 4.24. The van der Waals surface area contributed by atoms with Crippen LogP contribution in [-0.4, -0.2) is 16.2 Å². The lowest BCUT2D eigenvalue weighted by molar-refractivity contribution is -0.146. The third-order valence-corrected chi connectivity index (χ3v) is 2.17. The topological polar surface area (TPSA) is 57.5 Å². The molecule has 0 saturated carbocycles. The Morgan fingerprint density at radius 2 is 2.00 bits per heavy atom. The van der Waals surface area contributed by atoms with Crippen molar-refractivity contribution in [1.82, 2.24) is 0 Å². The summed E-state index contributed by atoms with van der Waals surface area (Å²) in [5.41, 5.74) is -0.260. The van der Waals surface area contributed by atoms with Gasteiger partial charge in [-0.15, -0.1) is 0 Å². The Hall–Kier alpha value is -0.840. The Balaban J connectivity index is 3.26. The molecule has 14 heavy (non-hydrogen) atoms. The van der Waals surface area contributed by atoms with Gasteiger partial charge in [0.2, 0.25) is 0 Å². The molecule has 0 bridgehead atoms. The Labute approximate surface area is 88.7 Å². The van der Waals surface area contributed by atoms with Crippen molar-refractivity contribution in [3.63, 3.8) is 0 Å². The van der Waals surface area contributed by atoms with E-state index in [4.69, 9.17) is 33.4 Å². The summed E-state index contributed by atoms with van der Waals surface area (Å²) >= 11 is 10.9. The van der Waals surface area contributed by atoms with E-state index in [0.29, 0.717) is 0 Å². The molecule has 0 amide bonds. The zero-order valence-corrected chi connectivity index (χ0v) is 8.18. The van der Waals surface area contributed by atoms with Crippen molar-refractivity contribution in [2.24, 2.45) is 0 Å². The molecule has 2 N–H and O–H groups in total. The van der Waals surface area contributed by atoms with Gasteiger partial charge in [0, 0.05) is 10.6 Å². The van der Waals surface area contributed by atoms with Crippen LogP contribution in [0.2, 0.25) is 10.0 Å². The molecule has 0 fully saturated rings. The molecule has 6 heteroatoms. The quantitative estimate of drug-likeness (QED) is 0.778. The Morgan fingerprint density at radius 3 is 2.50 bits per heavy atom. The number of benzene rings is 1. The highest BCUT2D eigenvalue weighted by atomic mass is 35.5. The number of hydrogen-bond donors (Lipinski definition) is 2. The normalized spacial score (nSPS) is 12.6. The fourth-order valence-corrected chi connectivity index (χ4v) is 1.33. The average Bonchev–Trinajstić information content (AvgIpc) is 2.09. The summed E-state index contributed by atoms with van der Waals surface area (Å²) in [6.45, 7) is 0. The van der Waals surface area contributed by atoms with Gasteiger partial charge in [-0.25, -0.2) is 9.18 Å². The van der Waals surface area contributed by atoms with Crippen molar-refractivity contribution in [1.29, 1.82) is 0 Å². The highest BCUT2D eigenvalue weighted by Crippen LogP contribution is 2.29. The molecular formula is C8H5Cl2FO3. The van der Waals surface area contributed by atoms with E-state index < -0.39 is 22.9 Å². The molecule has 1 atom stereocenters. The van der Waals surface area contributed by atoms with Crippen LogP contribution in [0.1, 0.15) is 11.7 Å². The van der Waals surface area contributed by atoms with Crippen molar-refractivity contribution in [2.75, 3.05) is 0 Å². The Kier molecular flexibility index (Phi) is 3.31. The predicted molar refractivity (Wildman–Crippen MR) is 49.0 cm³/mol. The number of aliphatic carboxylic acids is 1. The molecule has 0 spiro atoms. The SMILES string of the molecule is O=C(O)C(O)c1cc(Cl)cc(F)c1Cl. The summed E-state index contributed by atoms with van der Waals surface area (Å²) in [4.78, 5) is 10.4. The smallest absolute Gasteiger partial charge is 0.337 e. The fourth-order valence-electron chi connectivity index (χ4n) is 0.908. The lowest BCUT2D eigenvalue weighted by Gasteiger charge is -2.08. The molecule has 1 aromatic carbocycles. The van der Waals surface area contributed by atoms with E-state index in [1.165, 1.54) is 0 Å². The monoisotopic (exact) mass is 238 g/mol. The number of halogens is 3. The van der Waals surface area contributed by atoms with Crippen LogP contribution in [0.4, 0.5) is 4.39 Å². The molecule has 0 aliphatic heterocycles. The van der Waals surface area contributed by atoms with Gasteiger partial charge in [0.05, 0.1) is 5.02 Å². The first-order chi connectivity index (χ1) is 6.43. The molecule has 0 aliphatic carbocycles. The number of aliphatic hydroxyl groups excluding tert-OH is 1. The minimum atomic E-state index is -1.88. The Morgan fingerprint density at radius 1 is 1.43 bits per heavy atom. The van der Waals surface area contributed by atoms with Gasteiger partial charge < -0.3 is 10.2 Å². The van der Waals surface area contributed by atoms with E-state index in [0.717, 1.165) is 12.1 Å². The van der Waals surface area contributed by atoms with Crippen LogP contribution in [0, 0.1) is 5.82 Å². The molecule has 0 radical (unpaired) electrons. The lowest BCUT2D eigenvalue weighted by Crippen LogP contribution is -2.11. The second-order valence-corrected chi connectivity index (χ2v) is 3.35. The number of carboxylic acids is 1. The average molecular weight is 239 g/mol. The van der Waals surface area contributed by atoms with Gasteiger partial charge >= 0.3 is 5.97 Å². The summed E-state index contributed by atoms with van der Waals surface area (Å²) in [7, 11) is 0. The van der Waals surface area contributed by atoms with Crippen LogP contribution in [0.3, 0.4) is 0 Å². The number of carbonyl (C=O) groups is 1. The van der Waals surface area contributed by atoms with Crippen molar-refractivity contribution in [3.8, 4) is 0 Å². The van der Waals surface area contributed by atoms with Crippen LogP contribution >= 0.6 is 23.2 Å². The molecule has 0 aromatic heterocycles. The second kappa shape index (κ2) is 4.13. The maximum absolute atomic E-state index is 12.9. The summed E-state index contributed by atoms with van der Waals surface area (Å²) < 4.78 is 12.9. The van der Waals surface area contributed by atoms with E-state index in [1.807, 2.05) is 0 Å². The van der Waals surface area contributed by atoms with Crippen LogP contribution < -0.4 is 0 Å². The standard InChI is InChI=1S/C8H5Cl2FO3/c9-3-1-4(7(12)8(13)14)6(10)5(11)2-3/h1-2,7,12H,(H,13,14). The van der Waals surface area contributed by atoms with E-state index in [9.17, 15) is 9.18 Å². The lowest BCUT2D eigenvalue weighted by atomic mass is 10.1. The number of carboxylic acid groups (broad SMARTS) is 1. The van der Waals surface area contributed by atoms with Crippen molar-refractivity contribution < 1.29 is 19.4 Å². The van der Waals surface area contributed by atoms with E-state index in [2.05, 4.69) is 0 Å². The first-order valence-electron chi connectivity index (χ1n) is 3.48. The summed E-state index contributed by atoms with van der Waals surface area (Å²) in [5.74, 6) is -2.39. The van der Waals surface area contributed by atoms with Gasteiger partial charge in [0.15, 0.2) is 6.10 Å². The molecule has 3 nitrogen and oxygen atoms in total. The van der Waals surface area contributed by atoms with Gasteiger partial charge in [-0.1, -0.05) is 23.2 Å². The summed E-state index contributed by atoms with van der Waals surface area (Å²) in [5, 5.41) is 17.1. The predicted octanol–water partition coefficient (Wildman–Crippen LogP) is 2.25. The molecule has 76 valence electrons. The molecular weight excluding hydrogens is 234 g/mol.